The molecule has 0 saturated carbocycles. The zero-order valence-electron chi connectivity index (χ0n) is 11.1. The molecule has 1 unspecified atom stereocenters. The number of halogens is 2. The molecule has 1 atom stereocenters. The summed E-state index contributed by atoms with van der Waals surface area (Å²) in [7, 11) is 0. The molecule has 0 bridgehead atoms. The van der Waals surface area contributed by atoms with Gasteiger partial charge in [0, 0.05) is 9.37 Å². The van der Waals surface area contributed by atoms with Crippen molar-refractivity contribution in [3.8, 4) is 0 Å². The maximum Gasteiger partial charge on any atom is 0.319 e. The molecule has 0 aliphatic carbocycles. The lowest BCUT2D eigenvalue weighted by molar-refractivity contribution is -0.143. The van der Waals surface area contributed by atoms with Gasteiger partial charge in [0.05, 0.1) is 12.3 Å². The number of nitrogens with two attached hydrogens (primary N) is 1. The summed E-state index contributed by atoms with van der Waals surface area (Å²) in [6.45, 7) is 5.99. The van der Waals surface area contributed by atoms with Crippen molar-refractivity contribution in [3.63, 3.8) is 0 Å². The van der Waals surface area contributed by atoms with Crippen LogP contribution in [0.4, 0.5) is 10.1 Å². The largest absolute Gasteiger partial charge is 0.465 e. The molecule has 1 rings (SSSR count). The molecule has 0 amide bonds. The topological polar surface area (TPSA) is 52.3 Å². The molecule has 0 fully saturated rings. The summed E-state index contributed by atoms with van der Waals surface area (Å²) < 4.78 is 18.9. The minimum Gasteiger partial charge on any atom is -0.465 e. The monoisotopic (exact) mass is 349 g/mol. The van der Waals surface area contributed by atoms with Crippen molar-refractivity contribution in [2.45, 2.75) is 30.9 Å². The van der Waals surface area contributed by atoms with Crippen LogP contribution < -0.4 is 5.73 Å². The number of carbonyl (C=O) groups excluding carboxylic acids is 1. The molecular formula is C13H17BrFNO2S. The number of esters is 1. The van der Waals surface area contributed by atoms with Crippen molar-refractivity contribution in [1.29, 1.82) is 0 Å². The SMILES string of the molecule is CCOC(=O)C(Sc1cc(N)c(F)cc1Br)C(C)C. The van der Waals surface area contributed by atoms with Crippen LogP contribution in [0, 0.1) is 11.7 Å². The van der Waals surface area contributed by atoms with Crippen molar-refractivity contribution < 1.29 is 13.9 Å². The van der Waals surface area contributed by atoms with E-state index in [1.807, 2.05) is 13.8 Å². The van der Waals surface area contributed by atoms with Gasteiger partial charge in [-0.15, -0.1) is 11.8 Å². The van der Waals surface area contributed by atoms with Crippen LogP contribution in [0.25, 0.3) is 0 Å². The zero-order valence-corrected chi connectivity index (χ0v) is 13.5. The van der Waals surface area contributed by atoms with E-state index in [9.17, 15) is 9.18 Å². The smallest absolute Gasteiger partial charge is 0.319 e. The van der Waals surface area contributed by atoms with Gasteiger partial charge in [-0.25, -0.2) is 4.39 Å². The van der Waals surface area contributed by atoms with Crippen LogP contribution >= 0.6 is 27.7 Å². The normalized spacial score (nSPS) is 12.5. The van der Waals surface area contributed by atoms with Gasteiger partial charge in [0.1, 0.15) is 11.1 Å². The highest BCUT2D eigenvalue weighted by atomic mass is 79.9. The van der Waals surface area contributed by atoms with Crippen LogP contribution in [0.15, 0.2) is 21.5 Å². The molecule has 1 aromatic rings. The van der Waals surface area contributed by atoms with Crippen molar-refractivity contribution in [2.75, 3.05) is 12.3 Å². The highest BCUT2D eigenvalue weighted by Crippen LogP contribution is 2.36. The quantitative estimate of drug-likeness (QED) is 0.498. The molecule has 0 spiro atoms. The van der Waals surface area contributed by atoms with Crippen LogP contribution in [-0.2, 0) is 9.53 Å². The van der Waals surface area contributed by atoms with Gasteiger partial charge in [-0.2, -0.15) is 0 Å². The number of rotatable bonds is 5. The molecule has 0 radical (unpaired) electrons. The second-order valence-corrected chi connectivity index (χ2v) is 6.38. The van der Waals surface area contributed by atoms with Gasteiger partial charge >= 0.3 is 5.97 Å². The number of carbonyl (C=O) groups is 1. The minimum absolute atomic E-state index is 0.0667. The van der Waals surface area contributed by atoms with Gasteiger partial charge in [-0.3, -0.25) is 4.79 Å². The number of nitrogen functional groups attached to an aromatic ring is 1. The predicted molar refractivity (Wildman–Crippen MR) is 79.6 cm³/mol. The molecule has 1 aromatic carbocycles. The Hall–Kier alpha value is -0.750. The molecule has 6 heteroatoms. The average molecular weight is 350 g/mol. The molecule has 0 aliphatic heterocycles. The molecular weight excluding hydrogens is 333 g/mol. The first-order chi connectivity index (χ1) is 8.86. The molecule has 106 valence electrons. The molecule has 19 heavy (non-hydrogen) atoms. The zero-order chi connectivity index (χ0) is 14.6. The summed E-state index contributed by atoms with van der Waals surface area (Å²) in [6, 6.07) is 2.83. The minimum atomic E-state index is -0.478. The predicted octanol–water partition coefficient (Wildman–Crippen LogP) is 3.85. The second-order valence-electron chi connectivity index (χ2n) is 4.34. The highest BCUT2D eigenvalue weighted by Gasteiger charge is 2.26. The van der Waals surface area contributed by atoms with E-state index < -0.39 is 5.82 Å². The summed E-state index contributed by atoms with van der Waals surface area (Å²) in [5, 5.41) is -0.346. The van der Waals surface area contributed by atoms with Gasteiger partial charge in [-0.1, -0.05) is 13.8 Å². The molecule has 0 heterocycles. The standard InChI is InChI=1S/C13H17BrFNO2S/c1-4-18-13(17)12(7(2)3)19-11-6-10(16)9(15)5-8(11)14/h5-7,12H,4,16H2,1-3H3. The van der Waals surface area contributed by atoms with Crippen molar-refractivity contribution >= 4 is 39.3 Å². The number of ether oxygens (including phenoxy) is 1. The van der Waals surface area contributed by atoms with Crippen LogP contribution in [0.5, 0.6) is 0 Å². The van der Waals surface area contributed by atoms with Crippen molar-refractivity contribution in [1.82, 2.24) is 0 Å². The Kier molecular flexibility index (Phi) is 6.13. The van der Waals surface area contributed by atoms with Gasteiger partial charge in [0.2, 0.25) is 0 Å². The Labute approximate surface area is 125 Å². The first-order valence-electron chi connectivity index (χ1n) is 5.94. The van der Waals surface area contributed by atoms with Gasteiger partial charge in [-0.05, 0) is 40.9 Å². The van der Waals surface area contributed by atoms with E-state index in [4.69, 9.17) is 10.5 Å². The summed E-state index contributed by atoms with van der Waals surface area (Å²) in [5.41, 5.74) is 5.62. The average Bonchev–Trinajstić information content (AvgIpc) is 2.31. The molecule has 3 nitrogen and oxygen atoms in total. The van der Waals surface area contributed by atoms with Crippen molar-refractivity contribution in [3.05, 3.63) is 22.4 Å². The fourth-order valence-electron chi connectivity index (χ4n) is 1.45. The number of anilines is 1. The summed E-state index contributed by atoms with van der Waals surface area (Å²) in [4.78, 5) is 12.6. The van der Waals surface area contributed by atoms with E-state index in [2.05, 4.69) is 15.9 Å². The lowest BCUT2D eigenvalue weighted by Gasteiger charge is -2.19. The molecule has 0 aliphatic rings. The third-order valence-electron chi connectivity index (χ3n) is 2.43. The van der Waals surface area contributed by atoms with E-state index in [1.165, 1.54) is 23.9 Å². The fraction of sp³-hybridized carbons (Fsp3) is 0.462. The van der Waals surface area contributed by atoms with Gasteiger partial charge in [0.15, 0.2) is 0 Å². The lowest BCUT2D eigenvalue weighted by Crippen LogP contribution is -2.25. The number of thioether (sulfide) groups is 1. The lowest BCUT2D eigenvalue weighted by atomic mass is 10.1. The van der Waals surface area contributed by atoms with E-state index in [-0.39, 0.29) is 22.8 Å². The number of hydrogen-bond acceptors (Lipinski definition) is 4. The van der Waals surface area contributed by atoms with Crippen LogP contribution in [0.3, 0.4) is 0 Å². The van der Waals surface area contributed by atoms with Crippen molar-refractivity contribution in [2.24, 2.45) is 5.92 Å². The Morgan fingerprint density at radius 2 is 2.16 bits per heavy atom. The maximum atomic E-state index is 13.3. The first-order valence-corrected chi connectivity index (χ1v) is 7.61. The highest BCUT2D eigenvalue weighted by molar-refractivity contribution is 9.10. The van der Waals surface area contributed by atoms with Crippen LogP contribution in [0.1, 0.15) is 20.8 Å². The third-order valence-corrected chi connectivity index (χ3v) is 4.93. The molecule has 2 N–H and O–H groups in total. The Morgan fingerprint density at radius 1 is 1.53 bits per heavy atom. The summed E-state index contributed by atoms with van der Waals surface area (Å²) >= 11 is 4.60. The van der Waals surface area contributed by atoms with E-state index >= 15 is 0 Å². The Bertz CT molecular complexity index is 468. The first kappa shape index (κ1) is 16.3. The molecule has 0 saturated heterocycles. The third kappa shape index (κ3) is 4.38. The number of hydrogen-bond donors (Lipinski definition) is 1. The summed E-state index contributed by atoms with van der Waals surface area (Å²) in [5.74, 6) is -0.645. The fourth-order valence-corrected chi connectivity index (χ4v) is 3.13. The second kappa shape index (κ2) is 7.14. The summed E-state index contributed by atoms with van der Waals surface area (Å²) in [6.07, 6.45) is 0. The van der Waals surface area contributed by atoms with Gasteiger partial charge < -0.3 is 10.5 Å². The Morgan fingerprint density at radius 3 is 2.68 bits per heavy atom. The van der Waals surface area contributed by atoms with Crippen LogP contribution in [-0.4, -0.2) is 17.8 Å². The van der Waals surface area contributed by atoms with E-state index in [0.717, 1.165) is 4.90 Å². The Balaban J connectivity index is 2.97. The van der Waals surface area contributed by atoms with E-state index in [0.29, 0.717) is 11.1 Å². The maximum absolute atomic E-state index is 13.3. The van der Waals surface area contributed by atoms with Gasteiger partial charge in [0.25, 0.3) is 0 Å². The number of benzene rings is 1. The molecule has 0 aromatic heterocycles. The van der Waals surface area contributed by atoms with E-state index in [1.54, 1.807) is 6.92 Å². The van der Waals surface area contributed by atoms with Crippen LogP contribution in [0.2, 0.25) is 0 Å².